The third kappa shape index (κ3) is 8.17. The maximum absolute atomic E-state index is 12.1. The molecule has 5 nitrogen and oxygen atoms in total. The molecule has 0 fully saturated rings. The van der Waals surface area contributed by atoms with Gasteiger partial charge in [-0.05, 0) is 33.4 Å². The van der Waals surface area contributed by atoms with Crippen molar-refractivity contribution >= 4 is 5.97 Å². The maximum Gasteiger partial charge on any atom is 1.00 e. The van der Waals surface area contributed by atoms with Crippen LogP contribution < -0.4 is 34.6 Å². The van der Waals surface area contributed by atoms with Gasteiger partial charge in [-0.1, -0.05) is 182 Å². The molecule has 0 heterocycles. The van der Waals surface area contributed by atoms with Gasteiger partial charge in [-0.2, -0.15) is 0 Å². The van der Waals surface area contributed by atoms with E-state index in [4.69, 9.17) is 0 Å². The minimum Gasteiger partial charge on any atom is -0.549 e. The summed E-state index contributed by atoms with van der Waals surface area (Å²) in [5.74, 6) is -1.10. The molecule has 0 aliphatic heterocycles. The number of carbonyl (C=O) groups is 1. The van der Waals surface area contributed by atoms with Crippen molar-refractivity contribution in [2.24, 2.45) is 0 Å². The monoisotopic (exact) mass is 651 g/mol. The average molecular weight is 652 g/mol. The zero-order valence-electron chi connectivity index (χ0n) is 28.6. The Kier molecular flexibility index (Phi) is 13.0. The Morgan fingerprint density at radius 1 is 0.440 bits per heavy atom. The van der Waals surface area contributed by atoms with E-state index >= 15 is 0 Å². The fourth-order valence-corrected chi connectivity index (χ4v) is 7.00. The van der Waals surface area contributed by atoms with Gasteiger partial charge in [0.05, 0.1) is 17.0 Å². The van der Waals surface area contributed by atoms with Gasteiger partial charge in [0.1, 0.15) is 0 Å². The average Bonchev–Trinajstić information content (AvgIpc) is 3.17. The summed E-state index contributed by atoms with van der Waals surface area (Å²) in [4.78, 5) is 14.0. The molecule has 0 saturated heterocycles. The Balaban J connectivity index is 0.00000486. The van der Waals surface area contributed by atoms with Crippen molar-refractivity contribution in [2.75, 3.05) is 32.7 Å². The number of carboxylic acid groups (broad SMARTS) is 1. The molecule has 0 unspecified atom stereocenters. The van der Waals surface area contributed by atoms with Gasteiger partial charge in [-0.15, -0.1) is 0 Å². The fourth-order valence-electron chi connectivity index (χ4n) is 7.00. The van der Waals surface area contributed by atoms with Crippen LogP contribution in [-0.2, 0) is 15.9 Å². The molecule has 0 saturated carbocycles. The number of rotatable bonds is 16. The van der Waals surface area contributed by atoms with Gasteiger partial charge >= 0.3 is 18.9 Å². The van der Waals surface area contributed by atoms with Crippen molar-refractivity contribution < 1.29 is 28.8 Å². The summed E-state index contributed by atoms with van der Waals surface area (Å²) in [5.41, 5.74) is 5.38. The Morgan fingerprint density at radius 2 is 0.660 bits per heavy atom. The van der Waals surface area contributed by atoms with E-state index < -0.39 is 17.0 Å². The number of hydrogen-bond acceptors (Lipinski definition) is 5. The van der Waals surface area contributed by atoms with E-state index in [9.17, 15) is 9.90 Å². The van der Waals surface area contributed by atoms with Crippen molar-refractivity contribution in [1.82, 2.24) is 15.5 Å². The number of carboxylic acids is 1. The summed E-state index contributed by atoms with van der Waals surface area (Å²) in [5, 5.41) is 19.9. The largest absolute Gasteiger partial charge is 1.00 e. The van der Waals surface area contributed by atoms with Gasteiger partial charge in [0.2, 0.25) is 0 Å². The molecule has 2 N–H and O–H groups in total. The number of benzene rings is 6. The van der Waals surface area contributed by atoms with Crippen LogP contribution in [0.5, 0.6) is 0 Å². The standard InChI is InChI=1S/C44H43N3O2.Li/c48-42(49)35-47(33-31-45-43(36-19-7-1-8-20-36,37-21-9-2-10-22-37)38-23-11-3-12-24-38)34-32-46-44(39-25-13-4-14-26-39,40-27-15-5-16-28-40)41-29-17-6-18-30-41;/h1-30,45-46H,31-35H2,(H,48,49);/q;+1/p-1. The quantitative estimate of drug-likeness (QED) is 0.124. The van der Waals surface area contributed by atoms with Crippen LogP contribution in [0, 0.1) is 0 Å². The minimum absolute atomic E-state index is 0. The topological polar surface area (TPSA) is 67.4 Å². The maximum atomic E-state index is 12.1. The number of nitrogens with one attached hydrogen (secondary N) is 2. The van der Waals surface area contributed by atoms with Crippen LogP contribution >= 0.6 is 0 Å². The second-order valence-electron chi connectivity index (χ2n) is 12.2. The van der Waals surface area contributed by atoms with Gasteiger partial charge in [-0.25, -0.2) is 0 Å². The Morgan fingerprint density at radius 3 is 0.860 bits per heavy atom. The Labute approximate surface area is 308 Å². The smallest absolute Gasteiger partial charge is 0.549 e. The molecule has 6 aromatic carbocycles. The number of aliphatic carboxylic acids is 1. The molecule has 0 bridgehead atoms. The van der Waals surface area contributed by atoms with Crippen LogP contribution in [-0.4, -0.2) is 43.6 Å². The van der Waals surface area contributed by atoms with E-state index in [1.165, 1.54) is 0 Å². The van der Waals surface area contributed by atoms with Crippen LogP contribution in [0.2, 0.25) is 0 Å². The van der Waals surface area contributed by atoms with Crippen molar-refractivity contribution in [2.45, 2.75) is 11.1 Å². The third-order valence-corrected chi connectivity index (χ3v) is 9.23. The first-order valence-corrected chi connectivity index (χ1v) is 16.9. The summed E-state index contributed by atoms with van der Waals surface area (Å²) >= 11 is 0. The van der Waals surface area contributed by atoms with Crippen LogP contribution in [0.15, 0.2) is 182 Å². The van der Waals surface area contributed by atoms with Crippen LogP contribution in [0.1, 0.15) is 33.4 Å². The van der Waals surface area contributed by atoms with E-state index in [0.29, 0.717) is 26.2 Å². The summed E-state index contributed by atoms with van der Waals surface area (Å²) in [6, 6.07) is 62.6. The predicted octanol–water partition coefficient (Wildman–Crippen LogP) is 3.21. The van der Waals surface area contributed by atoms with Crippen LogP contribution in [0.4, 0.5) is 0 Å². The van der Waals surface area contributed by atoms with Crippen LogP contribution in [0.25, 0.3) is 0 Å². The molecule has 246 valence electrons. The fraction of sp³-hybridized carbons (Fsp3) is 0.159. The zero-order valence-corrected chi connectivity index (χ0v) is 28.6. The molecular weight excluding hydrogens is 609 g/mol. The van der Waals surface area contributed by atoms with Crippen molar-refractivity contribution in [3.63, 3.8) is 0 Å². The Bertz CT molecular complexity index is 1530. The first-order valence-electron chi connectivity index (χ1n) is 16.9. The molecular formula is C44H42LiN3O2. The van der Waals surface area contributed by atoms with Crippen LogP contribution in [0.3, 0.4) is 0 Å². The van der Waals surface area contributed by atoms with E-state index in [1.54, 1.807) is 0 Å². The summed E-state index contributed by atoms with van der Waals surface area (Å²) in [6.07, 6.45) is 0. The zero-order chi connectivity index (χ0) is 33.8. The molecule has 50 heavy (non-hydrogen) atoms. The van der Waals surface area contributed by atoms with E-state index in [0.717, 1.165) is 33.4 Å². The molecule has 0 amide bonds. The van der Waals surface area contributed by atoms with Gasteiger partial charge in [0.15, 0.2) is 0 Å². The van der Waals surface area contributed by atoms with Gasteiger partial charge < -0.3 is 9.90 Å². The Hall–Kier alpha value is -4.73. The molecule has 0 aromatic heterocycles. The van der Waals surface area contributed by atoms with Gasteiger partial charge in [0, 0.05) is 32.7 Å². The van der Waals surface area contributed by atoms with E-state index in [1.807, 2.05) is 41.3 Å². The molecule has 0 aliphatic rings. The van der Waals surface area contributed by atoms with Gasteiger partial charge in [0.25, 0.3) is 0 Å². The molecule has 6 heteroatoms. The first-order chi connectivity index (χ1) is 24.1. The molecule has 0 radical (unpaired) electrons. The number of carbonyl (C=O) groups excluding carboxylic acids is 1. The second kappa shape index (κ2) is 17.8. The SMILES string of the molecule is O=C([O-])CN(CCNC(c1ccccc1)(c1ccccc1)c1ccccc1)CCNC(c1ccccc1)(c1ccccc1)c1ccccc1.[Li+]. The normalized spacial score (nSPS) is 11.5. The first kappa shape index (κ1) is 36.5. The second-order valence-corrected chi connectivity index (χ2v) is 12.2. The number of hydrogen-bond donors (Lipinski definition) is 2. The summed E-state index contributed by atoms with van der Waals surface area (Å²) in [7, 11) is 0. The van der Waals surface area contributed by atoms with E-state index in [-0.39, 0.29) is 25.4 Å². The minimum atomic E-state index is -1.10. The molecule has 0 atom stereocenters. The van der Waals surface area contributed by atoms with E-state index in [2.05, 4.69) is 156 Å². The summed E-state index contributed by atoms with van der Waals surface area (Å²) in [6.45, 7) is 1.89. The molecule has 6 aromatic rings. The molecule has 6 rings (SSSR count). The van der Waals surface area contributed by atoms with Crippen molar-refractivity contribution in [3.8, 4) is 0 Å². The number of nitrogens with zero attached hydrogens (tertiary/aromatic N) is 1. The molecule has 0 spiro atoms. The van der Waals surface area contributed by atoms with Crippen molar-refractivity contribution in [1.29, 1.82) is 0 Å². The predicted molar refractivity (Wildman–Crippen MR) is 196 cm³/mol. The summed E-state index contributed by atoms with van der Waals surface area (Å²) < 4.78 is 0. The van der Waals surface area contributed by atoms with Crippen molar-refractivity contribution in [3.05, 3.63) is 215 Å². The van der Waals surface area contributed by atoms with Gasteiger partial charge in [-0.3, -0.25) is 15.5 Å². The molecule has 0 aliphatic carbocycles. The third-order valence-electron chi connectivity index (χ3n) is 9.23.